The number of aliphatic hydroxyl groups is 7. The topological polar surface area (TPSA) is 231 Å². The van der Waals surface area contributed by atoms with Gasteiger partial charge in [0.05, 0.1) is 19.8 Å². The average molecular weight is 933 g/mol. The molecule has 0 aromatic rings. The van der Waals surface area contributed by atoms with E-state index in [0.717, 1.165) is 44.9 Å². The molecule has 2 saturated heterocycles. The molecule has 15 heteroatoms. The monoisotopic (exact) mass is 933 g/mol. The van der Waals surface area contributed by atoms with Gasteiger partial charge >= 0.3 is 11.9 Å². The van der Waals surface area contributed by atoms with Crippen LogP contribution in [0.5, 0.6) is 0 Å². The summed E-state index contributed by atoms with van der Waals surface area (Å²) in [5.74, 6) is -0.934. The summed E-state index contributed by atoms with van der Waals surface area (Å²) in [6.07, 6.45) is 19.6. The number of hydrogen-bond donors (Lipinski definition) is 7. The Morgan fingerprint density at radius 1 is 0.477 bits per heavy atom. The highest BCUT2D eigenvalue weighted by Crippen LogP contribution is 2.26. The van der Waals surface area contributed by atoms with E-state index in [1.54, 1.807) is 0 Å². The quantitative estimate of drug-likeness (QED) is 0.0187. The van der Waals surface area contributed by atoms with Gasteiger partial charge in [-0.05, 0) is 38.5 Å². The minimum Gasteiger partial charge on any atom is -0.462 e. The Balaban J connectivity index is 1.81. The Morgan fingerprint density at radius 3 is 1.37 bits per heavy atom. The van der Waals surface area contributed by atoms with Gasteiger partial charge in [-0.1, -0.05) is 161 Å². The van der Waals surface area contributed by atoms with E-state index in [0.29, 0.717) is 12.8 Å². The number of carbonyl (C=O) groups is 2. The van der Waals surface area contributed by atoms with Crippen LogP contribution in [0.2, 0.25) is 0 Å². The molecule has 4 unspecified atom stereocenters. The number of rotatable bonds is 40. The molecular formula is C50H92O15. The third-order valence-electron chi connectivity index (χ3n) is 12.5. The molecule has 0 amide bonds. The molecule has 0 aromatic carbocycles. The van der Waals surface area contributed by atoms with Gasteiger partial charge in [0.25, 0.3) is 0 Å². The smallest absolute Gasteiger partial charge is 0.306 e. The van der Waals surface area contributed by atoms with Crippen molar-refractivity contribution in [2.24, 2.45) is 0 Å². The highest BCUT2D eigenvalue weighted by molar-refractivity contribution is 5.70. The molecule has 65 heavy (non-hydrogen) atoms. The predicted molar refractivity (Wildman–Crippen MR) is 248 cm³/mol. The van der Waals surface area contributed by atoms with Crippen molar-refractivity contribution in [3.63, 3.8) is 0 Å². The zero-order valence-electron chi connectivity index (χ0n) is 40.2. The zero-order chi connectivity index (χ0) is 47.5. The lowest BCUT2D eigenvalue weighted by molar-refractivity contribution is -0.332. The predicted octanol–water partition coefficient (Wildman–Crippen LogP) is 6.99. The minimum atomic E-state index is -1.76. The standard InChI is InChI=1S/C50H92O15/c1-3-5-7-9-11-13-15-17-18-19-21-23-25-27-29-31-33-42(53)63-38(35-60-41(52)32-30-28-26-24-22-20-16-14-12-10-8-6-4-2)36-61-49-48(59)46(57)44(55)40(65-49)37-62-50-47(58)45(56)43(54)39(34-51)64-50/h20,22,38-40,43-51,54-59H,3-19,21,23-37H2,1-2H3/b22-20+/t38-,39-,40-,43+,44+,45?,46?,47?,48?,49-,50-/m1/s1. The lowest BCUT2D eigenvalue weighted by Crippen LogP contribution is -2.61. The number of unbranched alkanes of at least 4 members (excludes halogenated alkanes) is 24. The van der Waals surface area contributed by atoms with Gasteiger partial charge in [0.15, 0.2) is 18.7 Å². The molecule has 2 aliphatic rings. The first-order valence-corrected chi connectivity index (χ1v) is 25.8. The first kappa shape index (κ1) is 59.4. The first-order chi connectivity index (χ1) is 31.5. The first-order valence-electron chi connectivity index (χ1n) is 25.8. The molecule has 0 bridgehead atoms. The van der Waals surface area contributed by atoms with E-state index in [4.69, 9.17) is 28.4 Å². The fraction of sp³-hybridized carbons (Fsp3) is 0.920. The van der Waals surface area contributed by atoms with E-state index < -0.39 is 92.7 Å². The van der Waals surface area contributed by atoms with Gasteiger partial charge in [0.2, 0.25) is 0 Å². The van der Waals surface area contributed by atoms with Crippen molar-refractivity contribution in [3.8, 4) is 0 Å². The maximum Gasteiger partial charge on any atom is 0.306 e. The van der Waals surface area contributed by atoms with Gasteiger partial charge in [-0.3, -0.25) is 9.59 Å². The van der Waals surface area contributed by atoms with Crippen LogP contribution in [-0.4, -0.2) is 142 Å². The third kappa shape index (κ3) is 26.5. The molecular weight excluding hydrogens is 841 g/mol. The molecule has 382 valence electrons. The maximum atomic E-state index is 13.0. The van der Waals surface area contributed by atoms with E-state index in [1.807, 2.05) is 0 Å². The van der Waals surface area contributed by atoms with Crippen molar-refractivity contribution in [2.45, 2.75) is 268 Å². The van der Waals surface area contributed by atoms with Gasteiger partial charge in [-0.15, -0.1) is 0 Å². The number of allylic oxidation sites excluding steroid dienone is 2. The molecule has 0 saturated carbocycles. The highest BCUT2D eigenvalue weighted by atomic mass is 16.7. The molecule has 0 aromatic heterocycles. The number of ether oxygens (including phenoxy) is 6. The Bertz CT molecular complexity index is 1190. The summed E-state index contributed by atoms with van der Waals surface area (Å²) in [5, 5.41) is 72.0. The van der Waals surface area contributed by atoms with E-state index in [2.05, 4.69) is 26.0 Å². The SMILES string of the molecule is CCCCCCCC/C=C/CCCCCC(=O)OC[C@H](CO[C@@H]1O[C@H](CO[C@@H]2O[C@H](CO)[C@H](O)C(O)C2O)[C@H](O)C(O)C1O)OC(=O)CCCCCCCCCCCCCCCCCC. The zero-order valence-corrected chi connectivity index (χ0v) is 40.2. The van der Waals surface area contributed by atoms with Crippen LogP contribution in [0, 0.1) is 0 Å². The molecule has 0 aliphatic carbocycles. The minimum absolute atomic E-state index is 0.168. The summed E-state index contributed by atoms with van der Waals surface area (Å²) >= 11 is 0. The molecule has 2 fully saturated rings. The van der Waals surface area contributed by atoms with Crippen LogP contribution >= 0.6 is 0 Å². The van der Waals surface area contributed by atoms with Gasteiger partial charge < -0.3 is 64.2 Å². The number of esters is 2. The maximum absolute atomic E-state index is 13.0. The largest absolute Gasteiger partial charge is 0.462 e. The molecule has 0 radical (unpaired) electrons. The second-order valence-corrected chi connectivity index (χ2v) is 18.4. The normalized spacial score (nSPS) is 26.4. The van der Waals surface area contributed by atoms with Crippen LogP contribution in [0.3, 0.4) is 0 Å². The van der Waals surface area contributed by atoms with Crippen LogP contribution in [0.15, 0.2) is 12.2 Å². The average Bonchev–Trinajstić information content (AvgIpc) is 3.30. The third-order valence-corrected chi connectivity index (χ3v) is 12.5. The second-order valence-electron chi connectivity index (χ2n) is 18.4. The summed E-state index contributed by atoms with van der Waals surface area (Å²) in [4.78, 5) is 25.7. The van der Waals surface area contributed by atoms with Crippen LogP contribution in [0.25, 0.3) is 0 Å². The van der Waals surface area contributed by atoms with Crippen LogP contribution in [0.1, 0.15) is 200 Å². The van der Waals surface area contributed by atoms with Gasteiger partial charge in [0.1, 0.15) is 55.4 Å². The number of aliphatic hydroxyl groups excluding tert-OH is 7. The van der Waals surface area contributed by atoms with Crippen molar-refractivity contribution >= 4 is 11.9 Å². The Labute approximate surface area is 390 Å². The summed E-state index contributed by atoms with van der Waals surface area (Å²) in [6.45, 7) is 2.58. The summed E-state index contributed by atoms with van der Waals surface area (Å²) in [7, 11) is 0. The van der Waals surface area contributed by atoms with Gasteiger partial charge in [-0.25, -0.2) is 0 Å². The fourth-order valence-corrected chi connectivity index (χ4v) is 8.21. The molecule has 7 N–H and O–H groups in total. The van der Waals surface area contributed by atoms with E-state index in [1.165, 1.54) is 116 Å². The molecule has 2 heterocycles. The van der Waals surface area contributed by atoms with Crippen LogP contribution in [0.4, 0.5) is 0 Å². The van der Waals surface area contributed by atoms with Crippen LogP contribution in [-0.2, 0) is 38.0 Å². The van der Waals surface area contributed by atoms with Gasteiger partial charge in [-0.2, -0.15) is 0 Å². The van der Waals surface area contributed by atoms with Crippen molar-refractivity contribution in [3.05, 3.63) is 12.2 Å². The van der Waals surface area contributed by atoms with E-state index in [-0.39, 0.29) is 26.1 Å². The fourth-order valence-electron chi connectivity index (χ4n) is 8.21. The second kappa shape index (κ2) is 38.1. The van der Waals surface area contributed by atoms with Crippen molar-refractivity contribution in [1.82, 2.24) is 0 Å². The molecule has 2 rings (SSSR count). The lowest BCUT2D eigenvalue weighted by atomic mass is 9.98. The van der Waals surface area contributed by atoms with Crippen molar-refractivity contribution < 1.29 is 73.8 Å². The van der Waals surface area contributed by atoms with Crippen molar-refractivity contribution in [2.75, 3.05) is 26.4 Å². The molecule has 11 atom stereocenters. The summed E-state index contributed by atoms with van der Waals surface area (Å²) in [5.41, 5.74) is 0. The van der Waals surface area contributed by atoms with Crippen LogP contribution < -0.4 is 0 Å². The summed E-state index contributed by atoms with van der Waals surface area (Å²) < 4.78 is 33.6. The van der Waals surface area contributed by atoms with E-state index >= 15 is 0 Å². The highest BCUT2D eigenvalue weighted by Gasteiger charge is 2.47. The summed E-state index contributed by atoms with van der Waals surface area (Å²) in [6, 6.07) is 0. The number of hydrogen-bond acceptors (Lipinski definition) is 15. The Kier molecular flexibility index (Phi) is 34.8. The Morgan fingerprint density at radius 2 is 0.877 bits per heavy atom. The van der Waals surface area contributed by atoms with Gasteiger partial charge in [0, 0.05) is 12.8 Å². The molecule has 2 aliphatic heterocycles. The Hall–Kier alpha value is -1.76. The molecule has 0 spiro atoms. The number of carbonyl (C=O) groups excluding carboxylic acids is 2. The van der Waals surface area contributed by atoms with Crippen molar-refractivity contribution in [1.29, 1.82) is 0 Å². The lowest BCUT2D eigenvalue weighted by Gasteiger charge is -2.42. The molecule has 15 nitrogen and oxygen atoms in total. The van der Waals surface area contributed by atoms with E-state index in [9.17, 15) is 45.3 Å².